The van der Waals surface area contributed by atoms with E-state index in [1.165, 1.54) is 33.4 Å². The molecule has 0 spiro atoms. The summed E-state index contributed by atoms with van der Waals surface area (Å²) in [5.41, 5.74) is 7.84. The normalized spacial score (nSPS) is 15.2. The van der Waals surface area contributed by atoms with Crippen molar-refractivity contribution in [1.82, 2.24) is 5.32 Å². The van der Waals surface area contributed by atoms with Gasteiger partial charge in [-0.05, 0) is 40.3 Å². The number of rotatable bonds is 8. The van der Waals surface area contributed by atoms with E-state index in [4.69, 9.17) is 9.47 Å². The molecule has 0 fully saturated rings. The summed E-state index contributed by atoms with van der Waals surface area (Å²) in [6.07, 6.45) is 1.95. The predicted octanol–water partition coefficient (Wildman–Crippen LogP) is 3.96. The molecule has 1 unspecified atom stereocenters. The highest BCUT2D eigenvalue weighted by atomic mass is 16.5. The van der Waals surface area contributed by atoms with Crippen LogP contribution in [-0.4, -0.2) is 33.5 Å². The predicted molar refractivity (Wildman–Crippen MR) is 99.2 cm³/mol. The lowest BCUT2D eigenvalue weighted by Gasteiger charge is -2.16. The van der Waals surface area contributed by atoms with Gasteiger partial charge < -0.3 is 14.8 Å². The van der Waals surface area contributed by atoms with Gasteiger partial charge in [0, 0.05) is 13.7 Å². The molecule has 1 N–H and O–H groups in total. The Bertz CT molecular complexity index is 724. The quantitative estimate of drug-likeness (QED) is 0.746. The standard InChI is InChI=1S/C21H25NO2/c1-4-16-8-6-10-18-20(16)19-15(2)7-5-9-17(19)21(18)22-11-12-24-14-13-23-3/h4-10,21-22H,1,11-14H2,2-3H3. The van der Waals surface area contributed by atoms with Gasteiger partial charge in [0.2, 0.25) is 0 Å². The van der Waals surface area contributed by atoms with Crippen LogP contribution in [0.2, 0.25) is 0 Å². The molecule has 0 saturated heterocycles. The van der Waals surface area contributed by atoms with Crippen LogP contribution in [0.4, 0.5) is 0 Å². The van der Waals surface area contributed by atoms with Gasteiger partial charge in [-0.3, -0.25) is 0 Å². The van der Waals surface area contributed by atoms with E-state index in [1.54, 1.807) is 7.11 Å². The van der Waals surface area contributed by atoms with E-state index < -0.39 is 0 Å². The minimum atomic E-state index is 0.209. The number of fused-ring (bicyclic) bond motifs is 3. The molecule has 0 bridgehead atoms. The van der Waals surface area contributed by atoms with Gasteiger partial charge in [-0.25, -0.2) is 0 Å². The number of hydrogen-bond acceptors (Lipinski definition) is 3. The van der Waals surface area contributed by atoms with Crippen LogP contribution in [0.25, 0.3) is 17.2 Å². The maximum Gasteiger partial charge on any atom is 0.0700 e. The average Bonchev–Trinajstić information content (AvgIpc) is 2.93. The minimum Gasteiger partial charge on any atom is -0.382 e. The van der Waals surface area contributed by atoms with E-state index in [9.17, 15) is 0 Å². The molecule has 0 saturated carbocycles. The van der Waals surface area contributed by atoms with E-state index in [0.29, 0.717) is 19.8 Å². The Morgan fingerprint density at radius 3 is 2.54 bits per heavy atom. The van der Waals surface area contributed by atoms with E-state index in [-0.39, 0.29) is 6.04 Å². The fourth-order valence-electron chi connectivity index (χ4n) is 3.47. The molecule has 24 heavy (non-hydrogen) atoms. The van der Waals surface area contributed by atoms with Crippen molar-refractivity contribution in [1.29, 1.82) is 0 Å². The summed E-state index contributed by atoms with van der Waals surface area (Å²) in [5.74, 6) is 0. The molecule has 2 aromatic carbocycles. The van der Waals surface area contributed by atoms with Gasteiger partial charge in [-0.15, -0.1) is 0 Å². The Balaban J connectivity index is 1.84. The molecule has 1 atom stereocenters. The second-order valence-corrected chi connectivity index (χ2v) is 6.05. The molecule has 0 heterocycles. The smallest absolute Gasteiger partial charge is 0.0700 e. The van der Waals surface area contributed by atoms with E-state index in [2.05, 4.69) is 55.2 Å². The van der Waals surface area contributed by atoms with Crippen LogP contribution >= 0.6 is 0 Å². The van der Waals surface area contributed by atoms with Crippen molar-refractivity contribution in [3.63, 3.8) is 0 Å². The molecule has 0 radical (unpaired) electrons. The maximum absolute atomic E-state index is 5.57. The zero-order valence-corrected chi connectivity index (χ0v) is 14.5. The summed E-state index contributed by atoms with van der Waals surface area (Å²) in [4.78, 5) is 0. The largest absolute Gasteiger partial charge is 0.382 e. The summed E-state index contributed by atoms with van der Waals surface area (Å²) in [5, 5.41) is 3.65. The Hall–Kier alpha value is -1.94. The number of nitrogens with one attached hydrogen (secondary N) is 1. The van der Waals surface area contributed by atoms with Crippen LogP contribution in [0.5, 0.6) is 0 Å². The lowest BCUT2D eigenvalue weighted by atomic mass is 9.96. The Labute approximate surface area is 144 Å². The molecule has 2 aromatic rings. The molecule has 3 rings (SSSR count). The van der Waals surface area contributed by atoms with Gasteiger partial charge in [0.05, 0.1) is 25.9 Å². The van der Waals surface area contributed by atoms with Gasteiger partial charge in [0.25, 0.3) is 0 Å². The Kier molecular flexibility index (Phi) is 5.46. The lowest BCUT2D eigenvalue weighted by Crippen LogP contribution is -2.25. The Morgan fingerprint density at radius 1 is 1.04 bits per heavy atom. The second-order valence-electron chi connectivity index (χ2n) is 6.05. The highest BCUT2D eigenvalue weighted by molar-refractivity contribution is 5.87. The molecule has 1 aliphatic carbocycles. The molecule has 126 valence electrons. The first kappa shape index (κ1) is 16.9. The zero-order chi connectivity index (χ0) is 16.9. The second kappa shape index (κ2) is 7.75. The fraction of sp³-hybridized carbons (Fsp3) is 0.333. The van der Waals surface area contributed by atoms with Crippen LogP contribution in [0.3, 0.4) is 0 Å². The zero-order valence-electron chi connectivity index (χ0n) is 14.5. The summed E-state index contributed by atoms with van der Waals surface area (Å²) in [6, 6.07) is 13.2. The molecule has 0 amide bonds. The van der Waals surface area contributed by atoms with Crippen molar-refractivity contribution in [3.05, 3.63) is 65.2 Å². The number of ether oxygens (including phenoxy) is 2. The SMILES string of the molecule is C=Cc1cccc2c1-c1c(C)cccc1C2NCCOCCOC. The van der Waals surface area contributed by atoms with Crippen molar-refractivity contribution in [2.45, 2.75) is 13.0 Å². The van der Waals surface area contributed by atoms with E-state index in [0.717, 1.165) is 6.54 Å². The van der Waals surface area contributed by atoms with Gasteiger partial charge >= 0.3 is 0 Å². The monoisotopic (exact) mass is 323 g/mol. The first-order valence-corrected chi connectivity index (χ1v) is 8.43. The molecule has 0 aliphatic heterocycles. The van der Waals surface area contributed by atoms with Crippen molar-refractivity contribution in [2.75, 3.05) is 33.5 Å². The third-order valence-corrected chi connectivity index (χ3v) is 4.55. The summed E-state index contributed by atoms with van der Waals surface area (Å²) in [6.45, 7) is 8.92. The highest BCUT2D eigenvalue weighted by Crippen LogP contribution is 2.46. The third kappa shape index (κ3) is 3.16. The molecule has 3 nitrogen and oxygen atoms in total. The van der Waals surface area contributed by atoms with Gasteiger partial charge in [-0.1, -0.05) is 49.1 Å². The maximum atomic E-state index is 5.57. The van der Waals surface area contributed by atoms with Crippen LogP contribution in [0.15, 0.2) is 43.0 Å². The third-order valence-electron chi connectivity index (χ3n) is 4.55. The Morgan fingerprint density at radius 2 is 1.79 bits per heavy atom. The molecule has 0 aromatic heterocycles. The van der Waals surface area contributed by atoms with Crippen molar-refractivity contribution >= 4 is 6.08 Å². The molecule has 3 heteroatoms. The van der Waals surface area contributed by atoms with Crippen LogP contribution in [0, 0.1) is 6.92 Å². The number of methoxy groups -OCH3 is 1. The van der Waals surface area contributed by atoms with Crippen molar-refractivity contribution in [3.8, 4) is 11.1 Å². The van der Waals surface area contributed by atoms with Crippen molar-refractivity contribution in [2.24, 2.45) is 0 Å². The van der Waals surface area contributed by atoms with E-state index >= 15 is 0 Å². The molecular formula is C21H25NO2. The summed E-state index contributed by atoms with van der Waals surface area (Å²) < 4.78 is 10.6. The molecular weight excluding hydrogens is 298 g/mol. The first-order chi connectivity index (χ1) is 11.8. The lowest BCUT2D eigenvalue weighted by molar-refractivity contribution is 0.0714. The number of aryl methyl sites for hydroxylation is 1. The van der Waals surface area contributed by atoms with Crippen LogP contribution in [-0.2, 0) is 9.47 Å². The first-order valence-electron chi connectivity index (χ1n) is 8.43. The topological polar surface area (TPSA) is 30.5 Å². The summed E-state index contributed by atoms with van der Waals surface area (Å²) >= 11 is 0. The van der Waals surface area contributed by atoms with Crippen molar-refractivity contribution < 1.29 is 9.47 Å². The fourth-order valence-corrected chi connectivity index (χ4v) is 3.47. The number of benzene rings is 2. The van der Waals surface area contributed by atoms with Gasteiger partial charge in [-0.2, -0.15) is 0 Å². The van der Waals surface area contributed by atoms with Crippen LogP contribution < -0.4 is 5.32 Å². The molecule has 1 aliphatic rings. The highest BCUT2D eigenvalue weighted by Gasteiger charge is 2.30. The minimum absolute atomic E-state index is 0.209. The average molecular weight is 323 g/mol. The van der Waals surface area contributed by atoms with Crippen LogP contribution in [0.1, 0.15) is 28.3 Å². The number of hydrogen-bond donors (Lipinski definition) is 1. The summed E-state index contributed by atoms with van der Waals surface area (Å²) in [7, 11) is 1.69. The van der Waals surface area contributed by atoms with E-state index in [1.807, 2.05) is 6.08 Å². The van der Waals surface area contributed by atoms with Gasteiger partial charge in [0.1, 0.15) is 0 Å². The van der Waals surface area contributed by atoms with Gasteiger partial charge in [0.15, 0.2) is 0 Å².